The average molecular weight is 494 g/mol. The molecule has 36 heavy (non-hydrogen) atoms. The summed E-state index contributed by atoms with van der Waals surface area (Å²) in [7, 11) is 1.82. The second-order valence-corrected chi connectivity index (χ2v) is 8.48. The van der Waals surface area contributed by atoms with E-state index in [0.29, 0.717) is 24.1 Å². The van der Waals surface area contributed by atoms with Gasteiger partial charge in [0.05, 0.1) is 12.3 Å². The number of pyridine rings is 1. The summed E-state index contributed by atoms with van der Waals surface area (Å²) in [6.45, 7) is -1.08. The topological polar surface area (TPSA) is 120 Å². The summed E-state index contributed by atoms with van der Waals surface area (Å²) in [4.78, 5) is 19.4. The van der Waals surface area contributed by atoms with Crippen LogP contribution in [0.2, 0.25) is 0 Å². The fourth-order valence-corrected chi connectivity index (χ4v) is 3.97. The zero-order valence-corrected chi connectivity index (χ0v) is 19.6. The van der Waals surface area contributed by atoms with E-state index in [4.69, 9.17) is 5.73 Å². The lowest BCUT2D eigenvalue weighted by molar-refractivity contribution is -0.131. The van der Waals surface area contributed by atoms with Gasteiger partial charge < -0.3 is 20.7 Å². The summed E-state index contributed by atoms with van der Waals surface area (Å²) in [5, 5.41) is 7.78. The first-order chi connectivity index (χ1) is 17.4. The molecule has 4 aromatic rings. The molecule has 0 saturated carbocycles. The number of nitrogen functional groups attached to an aromatic ring is 1. The molecular formula is C24H25F2N9O. The Bertz CT molecular complexity index is 1310. The van der Waals surface area contributed by atoms with Crippen molar-refractivity contribution in [2.45, 2.75) is 13.0 Å². The van der Waals surface area contributed by atoms with Crippen LogP contribution in [0.4, 0.5) is 32.2 Å². The molecule has 1 aliphatic rings. The highest BCUT2D eigenvalue weighted by atomic mass is 19.3. The first-order valence-corrected chi connectivity index (χ1v) is 11.4. The number of ether oxygens (including phenoxy) is 1. The predicted molar refractivity (Wildman–Crippen MR) is 132 cm³/mol. The van der Waals surface area contributed by atoms with E-state index in [9.17, 15) is 8.78 Å². The maximum atomic E-state index is 12.1. The molecular weight excluding hydrogens is 468 g/mol. The first-order valence-electron chi connectivity index (χ1n) is 11.4. The number of nitrogens with two attached hydrogens (primary N) is 1. The largest absolute Gasteiger partial charge is 0.368 e. The molecule has 4 heterocycles. The van der Waals surface area contributed by atoms with Crippen LogP contribution in [-0.4, -0.2) is 56.0 Å². The van der Waals surface area contributed by atoms with Crippen LogP contribution in [0.5, 0.6) is 0 Å². The van der Waals surface area contributed by atoms with E-state index < -0.39 is 6.61 Å². The van der Waals surface area contributed by atoms with Crippen molar-refractivity contribution in [3.63, 3.8) is 0 Å². The molecule has 0 atom stereocenters. The molecule has 0 amide bonds. The third kappa shape index (κ3) is 5.38. The first kappa shape index (κ1) is 23.5. The van der Waals surface area contributed by atoms with E-state index in [0.717, 1.165) is 41.4 Å². The van der Waals surface area contributed by atoms with Crippen molar-refractivity contribution in [3.05, 3.63) is 54.9 Å². The summed E-state index contributed by atoms with van der Waals surface area (Å²) in [5.41, 5.74) is 8.99. The Morgan fingerprint density at radius 1 is 1.06 bits per heavy atom. The lowest BCUT2D eigenvalue weighted by Gasteiger charge is -2.40. The predicted octanol–water partition coefficient (Wildman–Crippen LogP) is 3.73. The number of anilines is 4. The van der Waals surface area contributed by atoms with Crippen molar-refractivity contribution in [1.82, 2.24) is 29.7 Å². The molecule has 1 aromatic carbocycles. The van der Waals surface area contributed by atoms with Gasteiger partial charge in [0.15, 0.2) is 5.82 Å². The standard InChI is InChI=1S/C24H25F2N9O/c1-34-24(30-18-5-2-16(3-6-18)19-8-10-28-23(27)31-19)32-21(33-34)17-4-7-20(29-12-17)35-13-15(14-35)9-11-36-22(25)26/h2-8,10,12,15,22H,9,11,13-14H2,1H3,(H2,27,28,31)(H,30,32,33). The van der Waals surface area contributed by atoms with Gasteiger partial charge in [-0.05, 0) is 42.7 Å². The number of alkyl halides is 2. The molecule has 1 fully saturated rings. The van der Waals surface area contributed by atoms with Gasteiger partial charge in [-0.3, -0.25) is 0 Å². The summed E-state index contributed by atoms with van der Waals surface area (Å²) in [6, 6.07) is 13.4. The molecule has 10 nitrogen and oxygen atoms in total. The molecule has 1 saturated heterocycles. The third-order valence-electron chi connectivity index (χ3n) is 5.93. The molecule has 186 valence electrons. The highest BCUT2D eigenvalue weighted by Crippen LogP contribution is 2.27. The summed E-state index contributed by atoms with van der Waals surface area (Å²) >= 11 is 0. The summed E-state index contributed by atoms with van der Waals surface area (Å²) < 4.78 is 30.2. The molecule has 12 heteroatoms. The minimum atomic E-state index is -2.71. The van der Waals surface area contributed by atoms with Crippen LogP contribution in [-0.2, 0) is 11.8 Å². The van der Waals surface area contributed by atoms with E-state index in [1.807, 2.05) is 43.4 Å². The minimum absolute atomic E-state index is 0.0749. The van der Waals surface area contributed by atoms with E-state index in [2.05, 4.69) is 40.0 Å². The van der Waals surface area contributed by atoms with E-state index in [1.54, 1.807) is 23.1 Å². The molecule has 1 aliphatic heterocycles. The Balaban J connectivity index is 1.19. The van der Waals surface area contributed by atoms with Crippen molar-refractivity contribution in [2.75, 3.05) is 35.6 Å². The van der Waals surface area contributed by atoms with Gasteiger partial charge in [0.25, 0.3) is 0 Å². The molecule has 0 radical (unpaired) electrons. The second-order valence-electron chi connectivity index (χ2n) is 8.48. The van der Waals surface area contributed by atoms with Gasteiger partial charge in [-0.1, -0.05) is 12.1 Å². The molecule has 0 unspecified atom stereocenters. The maximum absolute atomic E-state index is 12.1. The van der Waals surface area contributed by atoms with Gasteiger partial charge in [-0.2, -0.15) is 13.8 Å². The van der Waals surface area contributed by atoms with Crippen molar-refractivity contribution in [2.24, 2.45) is 13.0 Å². The number of aryl methyl sites for hydroxylation is 1. The van der Waals surface area contributed by atoms with Crippen LogP contribution < -0.4 is 16.0 Å². The fraction of sp³-hybridized carbons (Fsp3) is 0.292. The van der Waals surface area contributed by atoms with Crippen molar-refractivity contribution in [1.29, 1.82) is 0 Å². The van der Waals surface area contributed by atoms with Crippen LogP contribution in [0.1, 0.15) is 6.42 Å². The Hall–Kier alpha value is -4.19. The van der Waals surface area contributed by atoms with Gasteiger partial charge >= 0.3 is 6.61 Å². The summed E-state index contributed by atoms with van der Waals surface area (Å²) in [5.74, 6) is 2.55. The monoisotopic (exact) mass is 493 g/mol. The molecule has 3 aromatic heterocycles. The smallest absolute Gasteiger partial charge is 0.345 e. The number of rotatable bonds is 9. The Labute approximate surface area is 206 Å². The number of aromatic nitrogens is 6. The van der Waals surface area contributed by atoms with Crippen molar-refractivity contribution >= 4 is 23.4 Å². The van der Waals surface area contributed by atoms with Crippen LogP contribution in [0.15, 0.2) is 54.9 Å². The van der Waals surface area contributed by atoms with Crippen LogP contribution in [0.25, 0.3) is 22.6 Å². The molecule has 3 N–H and O–H groups in total. The normalized spacial score (nSPS) is 13.7. The van der Waals surface area contributed by atoms with Crippen LogP contribution in [0.3, 0.4) is 0 Å². The quantitative estimate of drug-likeness (QED) is 0.359. The third-order valence-corrected chi connectivity index (χ3v) is 5.93. The average Bonchev–Trinajstić information content (AvgIpc) is 3.21. The lowest BCUT2D eigenvalue weighted by Crippen LogP contribution is -2.47. The Kier molecular flexibility index (Phi) is 6.67. The SMILES string of the molecule is Cn1nc(-c2ccc(N3CC(CCOC(F)F)C3)nc2)nc1Nc1ccc(-c2ccnc(N)n2)cc1. The highest BCUT2D eigenvalue weighted by Gasteiger charge is 2.27. The van der Waals surface area contributed by atoms with Crippen LogP contribution >= 0.6 is 0 Å². The molecule has 5 rings (SSSR count). The zero-order chi connectivity index (χ0) is 25.1. The van der Waals surface area contributed by atoms with E-state index >= 15 is 0 Å². The van der Waals surface area contributed by atoms with Crippen LogP contribution in [0, 0.1) is 5.92 Å². The van der Waals surface area contributed by atoms with Gasteiger partial charge in [-0.15, -0.1) is 5.10 Å². The number of hydrogen-bond acceptors (Lipinski definition) is 9. The molecule has 0 aliphatic carbocycles. The number of nitrogens with zero attached hydrogens (tertiary/aromatic N) is 7. The van der Waals surface area contributed by atoms with Crippen molar-refractivity contribution in [3.8, 4) is 22.6 Å². The maximum Gasteiger partial charge on any atom is 0.345 e. The zero-order valence-electron chi connectivity index (χ0n) is 19.6. The van der Waals surface area contributed by atoms with E-state index in [-0.39, 0.29) is 12.6 Å². The fourth-order valence-electron chi connectivity index (χ4n) is 3.97. The number of hydrogen-bond donors (Lipinski definition) is 2. The van der Waals surface area contributed by atoms with Crippen molar-refractivity contribution < 1.29 is 13.5 Å². The van der Waals surface area contributed by atoms with Gasteiger partial charge in [-0.25, -0.2) is 19.6 Å². The van der Waals surface area contributed by atoms with E-state index in [1.165, 1.54) is 0 Å². The Morgan fingerprint density at radius 2 is 1.83 bits per heavy atom. The summed E-state index contributed by atoms with van der Waals surface area (Å²) in [6.07, 6.45) is 3.98. The Morgan fingerprint density at radius 3 is 2.53 bits per heavy atom. The number of nitrogens with one attached hydrogen (secondary N) is 1. The van der Waals surface area contributed by atoms with Gasteiger partial charge in [0, 0.05) is 49.3 Å². The van der Waals surface area contributed by atoms with Gasteiger partial charge in [0.1, 0.15) is 5.82 Å². The van der Waals surface area contributed by atoms with Gasteiger partial charge in [0.2, 0.25) is 11.9 Å². The lowest BCUT2D eigenvalue weighted by atomic mass is 9.97. The molecule has 0 spiro atoms. The second kappa shape index (κ2) is 10.2. The molecule has 0 bridgehead atoms. The number of benzene rings is 1. The minimum Gasteiger partial charge on any atom is -0.368 e. The number of halogens is 2. The highest BCUT2D eigenvalue weighted by molar-refractivity contribution is 5.66.